The zero-order chi connectivity index (χ0) is 24.5. The molecule has 0 aromatic heterocycles. The summed E-state index contributed by atoms with van der Waals surface area (Å²) < 4.78 is 59.6. The molecular weight excluding hydrogens is 501 g/mol. The van der Waals surface area contributed by atoms with E-state index in [1.807, 2.05) is 6.92 Å². The van der Waals surface area contributed by atoms with E-state index in [0.717, 1.165) is 11.6 Å². The van der Waals surface area contributed by atoms with E-state index in [1.165, 1.54) is 48.5 Å². The minimum Gasteiger partial charge on any atom is -0.871 e. The third kappa shape index (κ3) is 6.26. The number of fused-ring (bicyclic) bond motifs is 1. The molecule has 0 heterocycles. The zero-order valence-electron chi connectivity index (χ0n) is 18.7. The maximum Gasteiger partial charge on any atom is 1.00 e. The fourth-order valence-electron chi connectivity index (χ4n) is 3.17. The fraction of sp³-hybridized carbons (Fsp3) is 0.0435. The molecule has 0 bridgehead atoms. The molecule has 2 N–H and O–H groups in total. The second-order valence-corrected chi connectivity index (χ2v) is 10.5. The van der Waals surface area contributed by atoms with Crippen molar-refractivity contribution in [1.29, 1.82) is 0 Å². The van der Waals surface area contributed by atoms with E-state index >= 15 is 0 Å². The van der Waals surface area contributed by atoms with Gasteiger partial charge >= 0.3 is 29.6 Å². The fourth-order valence-corrected chi connectivity index (χ4v) is 4.74. The molecule has 0 radical (unpaired) electrons. The molecular formula is C23H18N3NaO6S2. The minimum absolute atomic E-state index is 0. The van der Waals surface area contributed by atoms with E-state index < -0.39 is 25.9 Å². The summed E-state index contributed by atoms with van der Waals surface area (Å²) in [6, 6.07) is 18.9. The third-order valence-corrected chi connectivity index (χ3v) is 7.19. The number of benzene rings is 4. The first kappa shape index (κ1) is 26.8. The number of rotatable bonds is 6. The van der Waals surface area contributed by atoms with Crippen molar-refractivity contribution in [2.75, 3.05) is 4.72 Å². The SMILES string of the molecule is Cc1ccc(NS(=O)(=O)c2ccc(N=Nc3c([O-])ccc4cc(S(=O)(=O)O)ccc34)cc2)cc1.[Na+]. The Morgan fingerprint density at radius 1 is 0.800 bits per heavy atom. The number of nitrogens with one attached hydrogen (secondary N) is 1. The topological polar surface area (TPSA) is 148 Å². The number of nitrogens with zero attached hydrogens (tertiary/aromatic N) is 2. The maximum atomic E-state index is 12.6. The van der Waals surface area contributed by atoms with Gasteiger partial charge in [0.05, 0.1) is 21.2 Å². The summed E-state index contributed by atoms with van der Waals surface area (Å²) in [5, 5.41) is 21.1. The Morgan fingerprint density at radius 2 is 1.43 bits per heavy atom. The predicted molar refractivity (Wildman–Crippen MR) is 126 cm³/mol. The van der Waals surface area contributed by atoms with Gasteiger partial charge in [-0.25, -0.2) is 8.42 Å². The summed E-state index contributed by atoms with van der Waals surface area (Å²) in [5.41, 5.74) is 1.73. The molecule has 0 unspecified atom stereocenters. The molecule has 0 spiro atoms. The molecule has 4 aromatic rings. The maximum absolute atomic E-state index is 12.6. The van der Waals surface area contributed by atoms with Crippen LogP contribution in [-0.4, -0.2) is 21.4 Å². The monoisotopic (exact) mass is 519 g/mol. The van der Waals surface area contributed by atoms with E-state index in [9.17, 15) is 26.5 Å². The van der Waals surface area contributed by atoms with Crippen LogP contribution in [0, 0.1) is 6.92 Å². The first-order chi connectivity index (χ1) is 16.0. The van der Waals surface area contributed by atoms with Crippen LogP contribution in [0.2, 0.25) is 0 Å². The molecule has 0 aliphatic carbocycles. The van der Waals surface area contributed by atoms with Crippen molar-refractivity contribution in [1.82, 2.24) is 0 Å². The first-order valence-corrected chi connectivity index (χ1v) is 12.8. The average molecular weight is 520 g/mol. The van der Waals surface area contributed by atoms with Crippen LogP contribution in [0.3, 0.4) is 0 Å². The molecule has 35 heavy (non-hydrogen) atoms. The second kappa shape index (κ2) is 10.4. The largest absolute Gasteiger partial charge is 1.00 e. The van der Waals surface area contributed by atoms with Crippen LogP contribution in [0.4, 0.5) is 17.1 Å². The summed E-state index contributed by atoms with van der Waals surface area (Å²) in [4.78, 5) is -0.281. The van der Waals surface area contributed by atoms with Gasteiger partial charge in [0.2, 0.25) is 0 Å². The van der Waals surface area contributed by atoms with Crippen LogP contribution in [0.15, 0.2) is 98.9 Å². The van der Waals surface area contributed by atoms with Crippen LogP contribution in [0.1, 0.15) is 5.56 Å². The van der Waals surface area contributed by atoms with Crippen molar-refractivity contribution in [3.8, 4) is 5.75 Å². The van der Waals surface area contributed by atoms with Crippen molar-refractivity contribution >= 4 is 48.0 Å². The van der Waals surface area contributed by atoms with Crippen LogP contribution in [0.25, 0.3) is 10.8 Å². The van der Waals surface area contributed by atoms with Crippen molar-refractivity contribution in [3.63, 3.8) is 0 Å². The van der Waals surface area contributed by atoms with Crippen LogP contribution in [-0.2, 0) is 20.1 Å². The Bertz CT molecular complexity index is 1620. The summed E-state index contributed by atoms with van der Waals surface area (Å²) in [7, 11) is -8.20. The van der Waals surface area contributed by atoms with Gasteiger partial charge in [-0.15, -0.1) is 0 Å². The Balaban J connectivity index is 0.00000342. The van der Waals surface area contributed by atoms with E-state index in [1.54, 1.807) is 24.3 Å². The van der Waals surface area contributed by atoms with E-state index in [-0.39, 0.29) is 45.0 Å². The van der Waals surface area contributed by atoms with Crippen LogP contribution < -0.4 is 39.4 Å². The molecule has 174 valence electrons. The molecule has 12 heteroatoms. The summed E-state index contributed by atoms with van der Waals surface area (Å²) in [6.45, 7) is 1.90. The number of hydrogen-bond acceptors (Lipinski definition) is 7. The third-order valence-electron chi connectivity index (χ3n) is 4.94. The molecule has 4 aromatic carbocycles. The molecule has 0 saturated heterocycles. The van der Waals surface area contributed by atoms with Gasteiger partial charge in [0.1, 0.15) is 0 Å². The standard InChI is InChI=1S/C23H19N3O6S2.Na/c1-15-2-5-18(6-3-15)26-33(28,29)19-9-7-17(8-10-19)24-25-23-21-12-11-20(34(30,31)32)14-16(21)4-13-22(23)27;/h2-14,26-27H,1H3,(H,30,31,32);/q;+1/p-1. The Morgan fingerprint density at radius 3 is 2.06 bits per heavy atom. The number of hydrogen-bond donors (Lipinski definition) is 2. The molecule has 0 fully saturated rings. The quantitative estimate of drug-likeness (QED) is 0.225. The van der Waals surface area contributed by atoms with Crippen LogP contribution in [0.5, 0.6) is 5.75 Å². The predicted octanol–water partition coefficient (Wildman–Crippen LogP) is 1.69. The number of anilines is 1. The Labute approximate surface area is 224 Å². The van der Waals surface area contributed by atoms with Crippen molar-refractivity contribution in [3.05, 3.63) is 84.4 Å². The van der Waals surface area contributed by atoms with Crippen molar-refractivity contribution in [2.45, 2.75) is 16.7 Å². The van der Waals surface area contributed by atoms with Gasteiger partial charge in [0.25, 0.3) is 20.1 Å². The molecule has 4 rings (SSSR count). The van der Waals surface area contributed by atoms with Gasteiger partial charge in [-0.3, -0.25) is 9.27 Å². The smallest absolute Gasteiger partial charge is 0.871 e. The average Bonchev–Trinajstić information content (AvgIpc) is 2.79. The van der Waals surface area contributed by atoms with E-state index in [0.29, 0.717) is 22.1 Å². The molecule has 0 atom stereocenters. The molecule has 0 aliphatic rings. The summed E-state index contributed by atoms with van der Waals surface area (Å²) in [5.74, 6) is -0.433. The van der Waals surface area contributed by atoms with Crippen molar-refractivity contribution < 1.29 is 56.1 Å². The van der Waals surface area contributed by atoms with Gasteiger partial charge in [-0.2, -0.15) is 18.6 Å². The first-order valence-electron chi connectivity index (χ1n) is 9.85. The van der Waals surface area contributed by atoms with Crippen molar-refractivity contribution in [2.24, 2.45) is 10.2 Å². The number of azo groups is 1. The Hall–Kier alpha value is -2.80. The van der Waals surface area contributed by atoms with Gasteiger partial charge < -0.3 is 5.11 Å². The molecule has 0 aliphatic heterocycles. The molecule has 9 nitrogen and oxygen atoms in total. The summed E-state index contributed by atoms with van der Waals surface area (Å²) in [6.07, 6.45) is 0. The second-order valence-electron chi connectivity index (χ2n) is 7.44. The van der Waals surface area contributed by atoms with Gasteiger partial charge in [0.15, 0.2) is 0 Å². The van der Waals surface area contributed by atoms with E-state index in [4.69, 9.17) is 0 Å². The van der Waals surface area contributed by atoms with Gasteiger partial charge in [0, 0.05) is 11.1 Å². The van der Waals surface area contributed by atoms with E-state index in [2.05, 4.69) is 15.0 Å². The summed E-state index contributed by atoms with van der Waals surface area (Å²) >= 11 is 0. The molecule has 0 saturated carbocycles. The molecule has 0 amide bonds. The zero-order valence-corrected chi connectivity index (χ0v) is 22.3. The van der Waals surface area contributed by atoms with Gasteiger partial charge in [-0.05, 0) is 60.8 Å². The van der Waals surface area contributed by atoms with Crippen LogP contribution >= 0.6 is 0 Å². The Kier molecular flexibility index (Phi) is 8.00. The number of aryl methyl sites for hydroxylation is 1. The van der Waals surface area contributed by atoms with Gasteiger partial charge in [-0.1, -0.05) is 41.6 Å². The number of sulfonamides is 1. The normalized spacial score (nSPS) is 11.9. The minimum atomic E-state index is -4.40.